The van der Waals surface area contributed by atoms with Gasteiger partial charge in [-0.1, -0.05) is 30.3 Å². The fraction of sp³-hybridized carbons (Fsp3) is 0.341. The molecule has 2 heterocycles. The molecule has 6 rings (SSSR count). The van der Waals surface area contributed by atoms with Gasteiger partial charge in [-0.3, -0.25) is 4.79 Å². The number of amides is 1. The van der Waals surface area contributed by atoms with Gasteiger partial charge in [0.25, 0.3) is 0 Å². The highest BCUT2D eigenvalue weighted by Gasteiger charge is 2.32. The van der Waals surface area contributed by atoms with Gasteiger partial charge in [0, 0.05) is 24.5 Å². The van der Waals surface area contributed by atoms with Crippen LogP contribution in [0.1, 0.15) is 72.9 Å². The fourth-order valence-corrected chi connectivity index (χ4v) is 7.22. The number of carbonyl (C=O) groups is 1. The first-order valence-corrected chi connectivity index (χ1v) is 18.0. The van der Waals surface area contributed by atoms with Gasteiger partial charge < -0.3 is 18.9 Å². The van der Waals surface area contributed by atoms with E-state index in [1.807, 2.05) is 43.3 Å². The van der Waals surface area contributed by atoms with Gasteiger partial charge in [0.1, 0.15) is 16.5 Å². The number of para-hydroxylation sites is 1. The zero-order valence-corrected chi connectivity index (χ0v) is 30.6. The van der Waals surface area contributed by atoms with Crippen molar-refractivity contribution in [2.45, 2.75) is 65.8 Å². The Balaban J connectivity index is 1.00. The van der Waals surface area contributed by atoms with Crippen molar-refractivity contribution in [3.8, 4) is 33.6 Å². The Morgan fingerprint density at radius 3 is 2.22 bits per heavy atom. The van der Waals surface area contributed by atoms with Crippen molar-refractivity contribution in [1.29, 1.82) is 0 Å². The van der Waals surface area contributed by atoms with E-state index in [2.05, 4.69) is 50.2 Å². The predicted octanol–water partition coefficient (Wildman–Crippen LogP) is 9.62. The number of thiazole rings is 1. The lowest BCUT2D eigenvalue weighted by Gasteiger charge is -2.22. The number of hydrogen-bond acceptors (Lipinski definition) is 8. The van der Waals surface area contributed by atoms with E-state index >= 15 is 0 Å². The highest BCUT2D eigenvalue weighted by molar-refractivity contribution is 7.21. The summed E-state index contributed by atoms with van der Waals surface area (Å²) in [4.78, 5) is 17.5. The molecule has 1 aliphatic heterocycles. The lowest BCUT2D eigenvalue weighted by atomic mass is 9.95. The third-order valence-corrected chi connectivity index (χ3v) is 10.3. The normalized spacial score (nSPS) is 14.2. The van der Waals surface area contributed by atoms with Gasteiger partial charge in [-0.15, -0.1) is 11.3 Å². The van der Waals surface area contributed by atoms with E-state index in [1.165, 1.54) is 4.70 Å². The van der Waals surface area contributed by atoms with Crippen LogP contribution >= 0.6 is 11.3 Å². The minimum atomic E-state index is -0.242. The number of unbranched alkanes of at least 4 members (excludes halogenated alkanes) is 3. The van der Waals surface area contributed by atoms with E-state index in [4.69, 9.17) is 29.0 Å². The predicted molar refractivity (Wildman–Crippen MR) is 201 cm³/mol. The summed E-state index contributed by atoms with van der Waals surface area (Å²) in [7, 11) is 3.32. The van der Waals surface area contributed by atoms with Crippen LogP contribution in [0, 0.1) is 20.8 Å². The molecular weight excluding hydrogens is 647 g/mol. The largest absolute Gasteiger partial charge is 0.496 e. The second kappa shape index (κ2) is 15.8. The summed E-state index contributed by atoms with van der Waals surface area (Å²) in [5.41, 5.74) is 8.21. The maximum Gasteiger partial charge on any atom is 0.240 e. The van der Waals surface area contributed by atoms with Crippen LogP contribution < -0.4 is 18.9 Å². The van der Waals surface area contributed by atoms with Crippen LogP contribution in [0.5, 0.6) is 23.0 Å². The summed E-state index contributed by atoms with van der Waals surface area (Å²) >= 11 is 1.70. The summed E-state index contributed by atoms with van der Waals surface area (Å²) in [6.45, 7) is 8.96. The number of aromatic nitrogens is 1. The first-order valence-electron chi connectivity index (χ1n) is 17.2. The van der Waals surface area contributed by atoms with Gasteiger partial charge in [-0.05, 0) is 111 Å². The smallest absolute Gasteiger partial charge is 0.240 e. The summed E-state index contributed by atoms with van der Waals surface area (Å²) in [5.74, 6) is 2.95. The van der Waals surface area contributed by atoms with E-state index in [-0.39, 0.29) is 11.9 Å². The second-order valence-electron chi connectivity index (χ2n) is 12.7. The topological polar surface area (TPSA) is 82.5 Å². The van der Waals surface area contributed by atoms with Crippen LogP contribution in [0.3, 0.4) is 0 Å². The Labute approximate surface area is 298 Å². The molecule has 260 valence electrons. The molecule has 0 radical (unpaired) electrons. The summed E-state index contributed by atoms with van der Waals surface area (Å²) in [6, 6.07) is 24.3. The Morgan fingerprint density at radius 2 is 1.50 bits per heavy atom. The number of fused-ring (bicyclic) bond motifs is 1. The van der Waals surface area contributed by atoms with E-state index in [1.54, 1.807) is 37.5 Å². The second-order valence-corrected chi connectivity index (χ2v) is 13.8. The molecule has 8 nitrogen and oxygen atoms in total. The minimum absolute atomic E-state index is 0.112. The molecule has 5 aromatic rings. The molecule has 9 heteroatoms. The summed E-state index contributed by atoms with van der Waals surface area (Å²) < 4.78 is 24.9. The van der Waals surface area contributed by atoms with E-state index < -0.39 is 0 Å². The van der Waals surface area contributed by atoms with Crippen molar-refractivity contribution in [3.63, 3.8) is 0 Å². The molecule has 0 fully saturated rings. The molecule has 0 aliphatic carbocycles. The lowest BCUT2D eigenvalue weighted by Crippen LogP contribution is -2.24. The molecule has 1 unspecified atom stereocenters. The van der Waals surface area contributed by atoms with Gasteiger partial charge in [-0.25, -0.2) is 9.99 Å². The fourth-order valence-electron chi connectivity index (χ4n) is 6.26. The molecule has 1 aliphatic rings. The van der Waals surface area contributed by atoms with Gasteiger partial charge >= 0.3 is 0 Å². The van der Waals surface area contributed by atoms with Crippen LogP contribution in [0.25, 0.3) is 20.8 Å². The molecule has 0 saturated carbocycles. The molecule has 4 aromatic carbocycles. The van der Waals surface area contributed by atoms with Gasteiger partial charge in [0.05, 0.1) is 49.4 Å². The molecule has 0 bridgehead atoms. The van der Waals surface area contributed by atoms with Crippen LogP contribution in [0.2, 0.25) is 0 Å². The third kappa shape index (κ3) is 7.78. The van der Waals surface area contributed by atoms with Gasteiger partial charge in [0.15, 0.2) is 11.5 Å². The zero-order chi connectivity index (χ0) is 35.2. The van der Waals surface area contributed by atoms with Gasteiger partial charge in [0.2, 0.25) is 5.91 Å². The number of ether oxygens (including phenoxy) is 4. The first-order chi connectivity index (χ1) is 24.2. The maximum absolute atomic E-state index is 12.7. The average Bonchev–Trinajstić information content (AvgIpc) is 3.77. The minimum Gasteiger partial charge on any atom is -0.496 e. The molecule has 0 saturated heterocycles. The van der Waals surface area contributed by atoms with Crippen molar-refractivity contribution >= 4 is 33.2 Å². The number of hydrogen-bond donors (Lipinski definition) is 0. The number of carbonyl (C=O) groups excluding carboxylic acids is 1. The SMILES string of the molecule is COc1ccc(C2CC(c3cc(C)c(C)c(OC)c3)=NN2C(C)=O)cc1OCCCCCCOc1cc(-c2nc3ccccc3s2)ccc1C. The molecule has 1 atom stereocenters. The van der Waals surface area contributed by atoms with Gasteiger partial charge in [-0.2, -0.15) is 5.10 Å². The van der Waals surface area contributed by atoms with E-state index in [0.29, 0.717) is 31.1 Å². The van der Waals surface area contributed by atoms with Crippen LogP contribution in [0.4, 0.5) is 0 Å². The van der Waals surface area contributed by atoms with Crippen LogP contribution in [0.15, 0.2) is 77.9 Å². The number of hydrazone groups is 1. The number of aryl methyl sites for hydroxylation is 2. The molecular formula is C41H45N3O5S. The number of rotatable bonds is 14. The van der Waals surface area contributed by atoms with Crippen molar-refractivity contribution < 1.29 is 23.7 Å². The van der Waals surface area contributed by atoms with Crippen molar-refractivity contribution in [2.75, 3.05) is 27.4 Å². The number of methoxy groups -OCH3 is 2. The Bertz CT molecular complexity index is 1990. The van der Waals surface area contributed by atoms with Crippen LogP contribution in [-0.2, 0) is 4.79 Å². The Morgan fingerprint density at radius 1 is 0.780 bits per heavy atom. The number of nitrogens with zero attached hydrogens (tertiary/aromatic N) is 3. The third-order valence-electron chi connectivity index (χ3n) is 9.26. The molecule has 0 spiro atoms. The highest BCUT2D eigenvalue weighted by atomic mass is 32.1. The molecule has 1 amide bonds. The first kappa shape index (κ1) is 35.0. The van der Waals surface area contributed by atoms with Crippen LogP contribution in [-0.4, -0.2) is 49.0 Å². The monoisotopic (exact) mass is 691 g/mol. The lowest BCUT2D eigenvalue weighted by molar-refractivity contribution is -0.130. The quantitative estimate of drug-likeness (QED) is 0.108. The van der Waals surface area contributed by atoms with Crippen molar-refractivity contribution in [3.05, 3.63) is 101 Å². The molecule has 0 N–H and O–H groups in total. The summed E-state index contributed by atoms with van der Waals surface area (Å²) in [5, 5.41) is 7.34. The zero-order valence-electron chi connectivity index (χ0n) is 29.7. The highest BCUT2D eigenvalue weighted by Crippen LogP contribution is 2.39. The van der Waals surface area contributed by atoms with Crippen molar-refractivity contribution in [1.82, 2.24) is 9.99 Å². The Hall–Kier alpha value is -4.89. The summed E-state index contributed by atoms with van der Waals surface area (Å²) in [6.07, 6.45) is 4.51. The number of benzene rings is 4. The van der Waals surface area contributed by atoms with E-state index in [9.17, 15) is 4.79 Å². The maximum atomic E-state index is 12.7. The molecule has 1 aromatic heterocycles. The standard InChI is InChI=1S/C41H45N3O5S/c1-26-15-16-31(41-42-33-13-9-10-14-40(33)50-41)23-37(26)48-19-11-7-8-12-20-49-39-22-30(17-18-36(39)46-5)35-25-34(43-44(35)29(4)45)32-21-27(2)28(3)38(24-32)47-6/h9-10,13-18,21-24,35H,7-8,11-12,19-20,25H2,1-6H3. The molecule has 50 heavy (non-hydrogen) atoms. The van der Waals surface area contributed by atoms with E-state index in [0.717, 1.165) is 86.8 Å². The van der Waals surface area contributed by atoms with Crippen molar-refractivity contribution in [2.24, 2.45) is 5.10 Å². The average molecular weight is 692 g/mol. The Kier molecular flexibility index (Phi) is 11.0.